The van der Waals surface area contributed by atoms with E-state index in [0.29, 0.717) is 24.3 Å². The molecular formula is C13H24IN5O. The van der Waals surface area contributed by atoms with Crippen LogP contribution < -0.4 is 10.6 Å². The van der Waals surface area contributed by atoms with Crippen molar-refractivity contribution in [1.82, 2.24) is 20.8 Å². The molecule has 6 nitrogen and oxygen atoms in total. The first-order valence-corrected chi connectivity index (χ1v) is 7.12. The Bertz CT molecular complexity index is 415. The highest BCUT2D eigenvalue weighted by molar-refractivity contribution is 14.0. The summed E-state index contributed by atoms with van der Waals surface area (Å²) in [6.07, 6.45) is 6.42. The van der Waals surface area contributed by atoms with Crippen molar-refractivity contribution < 1.29 is 4.52 Å². The summed E-state index contributed by atoms with van der Waals surface area (Å²) in [5, 5.41) is 10.6. The maximum atomic E-state index is 4.94. The van der Waals surface area contributed by atoms with Gasteiger partial charge in [-0.15, -0.1) is 24.0 Å². The second kappa shape index (κ2) is 9.15. The normalized spacial score (nSPS) is 16.6. The van der Waals surface area contributed by atoms with Crippen LogP contribution in [0.4, 0.5) is 0 Å². The quantitative estimate of drug-likeness (QED) is 0.467. The Morgan fingerprint density at radius 1 is 1.35 bits per heavy atom. The molecule has 0 saturated heterocycles. The minimum absolute atomic E-state index is 0. The predicted octanol–water partition coefficient (Wildman–Crippen LogP) is 2.38. The van der Waals surface area contributed by atoms with Crippen molar-refractivity contribution >= 4 is 29.9 Å². The number of aryl methyl sites for hydroxylation is 1. The molecule has 1 fully saturated rings. The molecule has 0 unspecified atom stereocenters. The molecule has 0 amide bonds. The van der Waals surface area contributed by atoms with Crippen LogP contribution in [0.2, 0.25) is 0 Å². The van der Waals surface area contributed by atoms with Gasteiger partial charge in [0.1, 0.15) is 6.54 Å². The van der Waals surface area contributed by atoms with E-state index in [0.717, 1.165) is 12.5 Å². The average molecular weight is 393 g/mol. The number of rotatable bonds is 4. The van der Waals surface area contributed by atoms with Gasteiger partial charge < -0.3 is 15.2 Å². The van der Waals surface area contributed by atoms with Crippen LogP contribution in [-0.4, -0.2) is 28.7 Å². The summed E-state index contributed by atoms with van der Waals surface area (Å²) in [6.45, 7) is 5.14. The number of aromatic nitrogens is 2. The Kier molecular flexibility index (Phi) is 7.86. The van der Waals surface area contributed by atoms with E-state index in [1.165, 1.54) is 32.1 Å². The molecule has 1 aliphatic rings. The maximum Gasteiger partial charge on any atom is 0.223 e. The van der Waals surface area contributed by atoms with Crippen molar-refractivity contribution in [3.8, 4) is 0 Å². The smallest absolute Gasteiger partial charge is 0.223 e. The zero-order valence-corrected chi connectivity index (χ0v) is 14.5. The second-order valence-corrected chi connectivity index (χ2v) is 4.90. The van der Waals surface area contributed by atoms with E-state index in [4.69, 9.17) is 4.52 Å². The van der Waals surface area contributed by atoms with Crippen LogP contribution >= 0.6 is 24.0 Å². The molecule has 2 rings (SSSR count). The van der Waals surface area contributed by atoms with Crippen molar-refractivity contribution in [2.24, 2.45) is 4.99 Å². The molecule has 0 spiro atoms. The van der Waals surface area contributed by atoms with Gasteiger partial charge in [-0.05, 0) is 19.8 Å². The molecule has 0 bridgehead atoms. The molecule has 0 atom stereocenters. The van der Waals surface area contributed by atoms with Gasteiger partial charge in [0.15, 0.2) is 11.8 Å². The first kappa shape index (κ1) is 17.2. The Hall–Kier alpha value is -0.860. The molecule has 1 aliphatic carbocycles. The third-order valence-corrected chi connectivity index (χ3v) is 3.24. The van der Waals surface area contributed by atoms with Gasteiger partial charge in [-0.3, -0.25) is 0 Å². The number of aliphatic imine (C=N–C) groups is 1. The van der Waals surface area contributed by atoms with E-state index < -0.39 is 0 Å². The fraction of sp³-hybridized carbons (Fsp3) is 0.769. The van der Waals surface area contributed by atoms with Gasteiger partial charge in [-0.2, -0.15) is 4.98 Å². The lowest BCUT2D eigenvalue weighted by molar-refractivity contribution is 0.387. The monoisotopic (exact) mass is 393 g/mol. The molecular weight excluding hydrogens is 369 g/mol. The number of nitrogens with zero attached hydrogens (tertiary/aromatic N) is 3. The van der Waals surface area contributed by atoms with Gasteiger partial charge in [0.2, 0.25) is 5.89 Å². The molecule has 7 heteroatoms. The van der Waals surface area contributed by atoms with Crippen LogP contribution in [0.1, 0.15) is 50.7 Å². The molecule has 114 valence electrons. The molecule has 0 aromatic carbocycles. The lowest BCUT2D eigenvalue weighted by Gasteiger charge is -2.24. The summed E-state index contributed by atoms with van der Waals surface area (Å²) in [5.74, 6) is 2.05. The average Bonchev–Trinajstić information content (AvgIpc) is 2.83. The third kappa shape index (κ3) is 5.64. The molecule has 2 N–H and O–H groups in total. The van der Waals surface area contributed by atoms with Gasteiger partial charge in [0.25, 0.3) is 0 Å². The summed E-state index contributed by atoms with van der Waals surface area (Å²) in [7, 11) is 0. The van der Waals surface area contributed by atoms with Gasteiger partial charge in [0, 0.05) is 19.5 Å². The second-order valence-electron chi connectivity index (χ2n) is 4.90. The number of hydrogen-bond acceptors (Lipinski definition) is 4. The highest BCUT2D eigenvalue weighted by Gasteiger charge is 2.14. The molecule has 0 aliphatic heterocycles. The van der Waals surface area contributed by atoms with Crippen LogP contribution in [0, 0.1) is 6.92 Å². The van der Waals surface area contributed by atoms with Crippen molar-refractivity contribution in [3.63, 3.8) is 0 Å². The highest BCUT2D eigenvalue weighted by Crippen LogP contribution is 2.17. The third-order valence-electron chi connectivity index (χ3n) is 3.24. The first-order valence-electron chi connectivity index (χ1n) is 7.12. The van der Waals surface area contributed by atoms with Crippen LogP contribution in [-0.2, 0) is 6.54 Å². The van der Waals surface area contributed by atoms with E-state index in [9.17, 15) is 0 Å². The number of halogens is 1. The Balaban J connectivity index is 0.00000200. The maximum absolute atomic E-state index is 4.94. The zero-order chi connectivity index (χ0) is 13.5. The predicted molar refractivity (Wildman–Crippen MR) is 89.3 cm³/mol. The number of hydrogen-bond donors (Lipinski definition) is 2. The lowest BCUT2D eigenvalue weighted by Crippen LogP contribution is -2.44. The first-order chi connectivity index (χ1) is 9.28. The lowest BCUT2D eigenvalue weighted by atomic mass is 9.96. The van der Waals surface area contributed by atoms with E-state index in [-0.39, 0.29) is 24.0 Å². The largest absolute Gasteiger partial charge is 0.357 e. The molecule has 1 aromatic heterocycles. The van der Waals surface area contributed by atoms with Crippen LogP contribution in [0.25, 0.3) is 0 Å². The van der Waals surface area contributed by atoms with E-state index in [1.807, 2.05) is 0 Å². The van der Waals surface area contributed by atoms with Gasteiger partial charge in [-0.25, -0.2) is 4.99 Å². The summed E-state index contributed by atoms with van der Waals surface area (Å²) in [6, 6.07) is 0.540. The van der Waals surface area contributed by atoms with Crippen molar-refractivity contribution in [2.45, 2.75) is 58.5 Å². The summed E-state index contributed by atoms with van der Waals surface area (Å²) in [5.41, 5.74) is 0. The van der Waals surface area contributed by atoms with Crippen molar-refractivity contribution in [3.05, 3.63) is 11.7 Å². The van der Waals surface area contributed by atoms with Crippen LogP contribution in [0.5, 0.6) is 0 Å². The van der Waals surface area contributed by atoms with Gasteiger partial charge >= 0.3 is 0 Å². The zero-order valence-electron chi connectivity index (χ0n) is 12.2. The highest BCUT2D eigenvalue weighted by atomic mass is 127. The molecule has 1 heterocycles. The van der Waals surface area contributed by atoms with Gasteiger partial charge in [0.05, 0.1) is 0 Å². The Morgan fingerprint density at radius 2 is 2.10 bits per heavy atom. The Labute approximate surface area is 137 Å². The minimum Gasteiger partial charge on any atom is -0.357 e. The SMILES string of the molecule is CCNC(=NCc1noc(C)n1)NC1CCCCC1.I. The molecule has 0 radical (unpaired) electrons. The summed E-state index contributed by atoms with van der Waals surface area (Å²) in [4.78, 5) is 8.65. The molecule has 1 saturated carbocycles. The summed E-state index contributed by atoms with van der Waals surface area (Å²) < 4.78 is 4.94. The van der Waals surface area contributed by atoms with Crippen molar-refractivity contribution in [2.75, 3.05) is 6.54 Å². The Morgan fingerprint density at radius 3 is 2.70 bits per heavy atom. The van der Waals surface area contributed by atoms with Crippen LogP contribution in [0.3, 0.4) is 0 Å². The molecule has 20 heavy (non-hydrogen) atoms. The number of guanidine groups is 1. The van der Waals surface area contributed by atoms with E-state index >= 15 is 0 Å². The topological polar surface area (TPSA) is 75.3 Å². The minimum atomic E-state index is 0. The summed E-state index contributed by atoms with van der Waals surface area (Å²) >= 11 is 0. The standard InChI is InChI=1S/C13H23N5O.HI/c1-3-14-13(17-11-7-5-4-6-8-11)15-9-12-16-10(2)19-18-12;/h11H,3-9H2,1-2H3,(H2,14,15,17);1H. The molecule has 1 aromatic rings. The van der Waals surface area contributed by atoms with Crippen molar-refractivity contribution in [1.29, 1.82) is 0 Å². The number of nitrogens with one attached hydrogen (secondary N) is 2. The fourth-order valence-corrected chi connectivity index (χ4v) is 2.32. The van der Waals surface area contributed by atoms with E-state index in [1.54, 1.807) is 6.92 Å². The fourth-order valence-electron chi connectivity index (χ4n) is 2.32. The van der Waals surface area contributed by atoms with Crippen LogP contribution in [0.15, 0.2) is 9.52 Å². The van der Waals surface area contributed by atoms with E-state index in [2.05, 4.69) is 32.7 Å². The van der Waals surface area contributed by atoms with Gasteiger partial charge in [-0.1, -0.05) is 24.4 Å².